The van der Waals surface area contributed by atoms with Gasteiger partial charge in [-0.25, -0.2) is 0 Å². The van der Waals surface area contributed by atoms with E-state index in [0.717, 1.165) is 43.7 Å². The summed E-state index contributed by atoms with van der Waals surface area (Å²) in [6.07, 6.45) is 7.69. The first-order valence-corrected chi connectivity index (χ1v) is 10.1. The number of ether oxygens (including phenoxy) is 2. The third kappa shape index (κ3) is 4.98. The number of carbonyl (C=O) groups is 1. The Hall–Kier alpha value is -1.59. The Balaban J connectivity index is 1.47. The van der Waals surface area contributed by atoms with Gasteiger partial charge in [-0.2, -0.15) is 0 Å². The number of carbonyl (C=O) groups excluding carboxylic acids is 1. The minimum absolute atomic E-state index is 0.0179. The van der Waals surface area contributed by atoms with Crippen molar-refractivity contribution in [3.63, 3.8) is 0 Å². The largest absolute Gasteiger partial charge is 0.492 e. The number of piperidine rings is 1. The molecule has 0 radical (unpaired) electrons. The summed E-state index contributed by atoms with van der Waals surface area (Å²) in [5.41, 5.74) is 0.155. The Bertz CT molecular complexity index is 561. The maximum Gasteiger partial charge on any atom is 0.256 e. The van der Waals surface area contributed by atoms with Crippen LogP contribution in [0.1, 0.15) is 51.9 Å². The second-order valence-electron chi connectivity index (χ2n) is 7.36. The van der Waals surface area contributed by atoms with E-state index in [1.54, 1.807) is 0 Å². The molecule has 2 fully saturated rings. The van der Waals surface area contributed by atoms with Gasteiger partial charge >= 0.3 is 0 Å². The molecule has 1 N–H and O–H groups in total. The molecule has 144 valence electrons. The van der Waals surface area contributed by atoms with Gasteiger partial charge in [0.1, 0.15) is 18.0 Å². The lowest BCUT2D eigenvalue weighted by molar-refractivity contribution is -0.140. The number of benzene rings is 1. The van der Waals surface area contributed by atoms with Crippen molar-refractivity contribution in [3.05, 3.63) is 24.3 Å². The molecule has 3 rings (SSSR count). The summed E-state index contributed by atoms with van der Waals surface area (Å²) in [6, 6.07) is 7.66. The van der Waals surface area contributed by atoms with Crippen molar-refractivity contribution in [1.82, 2.24) is 4.90 Å². The number of anilines is 1. The predicted molar refractivity (Wildman–Crippen MR) is 104 cm³/mol. The van der Waals surface area contributed by atoms with E-state index in [1.807, 2.05) is 31.2 Å². The molecule has 1 aromatic carbocycles. The molecule has 5 heteroatoms. The van der Waals surface area contributed by atoms with E-state index in [2.05, 4.69) is 10.2 Å². The van der Waals surface area contributed by atoms with Crippen LogP contribution in [-0.4, -0.2) is 49.3 Å². The van der Waals surface area contributed by atoms with E-state index >= 15 is 0 Å². The Morgan fingerprint density at radius 1 is 1.08 bits per heavy atom. The summed E-state index contributed by atoms with van der Waals surface area (Å²) in [4.78, 5) is 15.2. The minimum atomic E-state index is -0.641. The first kappa shape index (κ1) is 19.2. The SMILES string of the molecule is CCOC1(C(=O)Nc2ccc(OCCN3CCCCC3)cc2)CCCC1. The summed E-state index contributed by atoms with van der Waals surface area (Å²) in [5, 5.41) is 3.02. The van der Waals surface area contributed by atoms with Crippen LogP contribution in [0.4, 0.5) is 5.69 Å². The van der Waals surface area contributed by atoms with Crippen molar-refractivity contribution in [2.75, 3.05) is 38.2 Å². The molecule has 1 aliphatic heterocycles. The summed E-state index contributed by atoms with van der Waals surface area (Å²) in [7, 11) is 0. The standard InChI is InChI=1S/C21H32N2O3/c1-2-26-21(12-4-5-13-21)20(24)22-18-8-10-19(11-9-18)25-17-16-23-14-6-3-7-15-23/h8-11H,2-7,12-17H2,1H3,(H,22,24). The maximum atomic E-state index is 12.7. The topological polar surface area (TPSA) is 50.8 Å². The zero-order chi connectivity index (χ0) is 18.2. The van der Waals surface area contributed by atoms with Crippen LogP contribution in [-0.2, 0) is 9.53 Å². The molecule has 0 spiro atoms. The molecule has 0 unspecified atom stereocenters. The molecule has 1 heterocycles. The van der Waals surface area contributed by atoms with Crippen molar-refractivity contribution < 1.29 is 14.3 Å². The summed E-state index contributed by atoms with van der Waals surface area (Å²) < 4.78 is 11.7. The van der Waals surface area contributed by atoms with Crippen molar-refractivity contribution in [3.8, 4) is 5.75 Å². The average molecular weight is 360 g/mol. The number of hydrogen-bond acceptors (Lipinski definition) is 4. The minimum Gasteiger partial charge on any atom is -0.492 e. The molecular weight excluding hydrogens is 328 g/mol. The van der Waals surface area contributed by atoms with Gasteiger partial charge in [0.25, 0.3) is 5.91 Å². The lowest BCUT2D eigenvalue weighted by atomic mass is 10.0. The van der Waals surface area contributed by atoms with Crippen LogP contribution in [0.15, 0.2) is 24.3 Å². The molecule has 0 bridgehead atoms. The fourth-order valence-corrected chi connectivity index (χ4v) is 4.01. The fraction of sp³-hybridized carbons (Fsp3) is 0.667. The first-order valence-electron chi connectivity index (χ1n) is 10.1. The predicted octanol–water partition coefficient (Wildman–Crippen LogP) is 3.84. The van der Waals surface area contributed by atoms with Gasteiger partial charge in [-0.05, 0) is 82.8 Å². The smallest absolute Gasteiger partial charge is 0.256 e. The molecule has 2 aliphatic rings. The molecule has 1 saturated heterocycles. The number of nitrogens with zero attached hydrogens (tertiary/aromatic N) is 1. The highest BCUT2D eigenvalue weighted by molar-refractivity contribution is 5.97. The monoisotopic (exact) mass is 360 g/mol. The van der Waals surface area contributed by atoms with Crippen molar-refractivity contribution in [1.29, 1.82) is 0 Å². The van der Waals surface area contributed by atoms with Crippen molar-refractivity contribution in [2.24, 2.45) is 0 Å². The molecule has 5 nitrogen and oxygen atoms in total. The van der Waals surface area contributed by atoms with E-state index < -0.39 is 5.60 Å². The highest BCUT2D eigenvalue weighted by Gasteiger charge is 2.41. The highest BCUT2D eigenvalue weighted by atomic mass is 16.5. The quantitative estimate of drug-likeness (QED) is 0.765. The second kappa shape index (κ2) is 9.38. The summed E-state index contributed by atoms with van der Waals surface area (Å²) >= 11 is 0. The number of rotatable bonds is 8. The van der Waals surface area contributed by atoms with Gasteiger partial charge in [-0.1, -0.05) is 6.42 Å². The van der Waals surface area contributed by atoms with Crippen LogP contribution in [0.25, 0.3) is 0 Å². The van der Waals surface area contributed by atoms with Gasteiger partial charge in [0.2, 0.25) is 0 Å². The van der Waals surface area contributed by atoms with E-state index in [-0.39, 0.29) is 5.91 Å². The van der Waals surface area contributed by atoms with Gasteiger partial charge in [-0.3, -0.25) is 9.69 Å². The number of amides is 1. The van der Waals surface area contributed by atoms with Gasteiger partial charge in [0.15, 0.2) is 0 Å². The van der Waals surface area contributed by atoms with Crippen LogP contribution >= 0.6 is 0 Å². The Labute approximate surface area is 157 Å². The van der Waals surface area contributed by atoms with E-state index in [4.69, 9.17) is 9.47 Å². The van der Waals surface area contributed by atoms with Crippen molar-refractivity contribution in [2.45, 2.75) is 57.5 Å². The second-order valence-corrected chi connectivity index (χ2v) is 7.36. The van der Waals surface area contributed by atoms with Crippen molar-refractivity contribution >= 4 is 11.6 Å². The van der Waals surface area contributed by atoms with E-state index in [0.29, 0.717) is 13.2 Å². The number of likely N-dealkylation sites (tertiary alicyclic amines) is 1. The van der Waals surface area contributed by atoms with Crippen LogP contribution in [0, 0.1) is 0 Å². The summed E-state index contributed by atoms with van der Waals surface area (Å²) in [5.74, 6) is 0.830. The van der Waals surface area contributed by atoms with Crippen LogP contribution in [0.5, 0.6) is 5.75 Å². The average Bonchev–Trinajstić information content (AvgIpc) is 3.14. The van der Waals surface area contributed by atoms with Gasteiger partial charge in [0.05, 0.1) is 0 Å². The third-order valence-corrected chi connectivity index (χ3v) is 5.48. The fourth-order valence-electron chi connectivity index (χ4n) is 4.01. The molecule has 26 heavy (non-hydrogen) atoms. The zero-order valence-corrected chi connectivity index (χ0v) is 16.0. The lowest BCUT2D eigenvalue weighted by Crippen LogP contribution is -2.43. The van der Waals surface area contributed by atoms with Crippen LogP contribution < -0.4 is 10.1 Å². The Kier molecular flexibility index (Phi) is 6.92. The first-order chi connectivity index (χ1) is 12.7. The van der Waals surface area contributed by atoms with Gasteiger partial charge in [-0.15, -0.1) is 0 Å². The lowest BCUT2D eigenvalue weighted by Gasteiger charge is -2.27. The summed E-state index contributed by atoms with van der Waals surface area (Å²) in [6.45, 7) is 6.58. The molecule has 0 aromatic heterocycles. The van der Waals surface area contributed by atoms with Gasteiger partial charge in [0, 0.05) is 18.8 Å². The highest BCUT2D eigenvalue weighted by Crippen LogP contribution is 2.34. The molecule has 1 saturated carbocycles. The van der Waals surface area contributed by atoms with E-state index in [1.165, 1.54) is 32.4 Å². The molecule has 0 atom stereocenters. The van der Waals surface area contributed by atoms with Gasteiger partial charge < -0.3 is 14.8 Å². The van der Waals surface area contributed by atoms with E-state index in [9.17, 15) is 4.79 Å². The molecular formula is C21H32N2O3. The number of nitrogens with one attached hydrogen (secondary N) is 1. The molecule has 1 aromatic rings. The third-order valence-electron chi connectivity index (χ3n) is 5.48. The van der Waals surface area contributed by atoms with Crippen LogP contribution in [0.2, 0.25) is 0 Å². The van der Waals surface area contributed by atoms with Crippen LogP contribution in [0.3, 0.4) is 0 Å². The Morgan fingerprint density at radius 2 is 1.77 bits per heavy atom. The normalized spacial score (nSPS) is 20.0. The maximum absolute atomic E-state index is 12.7. The number of hydrogen-bond donors (Lipinski definition) is 1. The molecule has 1 aliphatic carbocycles. The Morgan fingerprint density at radius 3 is 2.42 bits per heavy atom. The molecule has 1 amide bonds. The zero-order valence-electron chi connectivity index (χ0n) is 16.0.